The summed E-state index contributed by atoms with van der Waals surface area (Å²) < 4.78 is 226. The Hall–Kier alpha value is -0.880. The third-order valence-electron chi connectivity index (χ3n) is 6.31. The van der Waals surface area contributed by atoms with E-state index in [-0.39, 0.29) is 12.3 Å². The van der Waals surface area contributed by atoms with Gasteiger partial charge in [0.15, 0.2) is 0 Å². The number of quaternary nitrogens is 1. The van der Waals surface area contributed by atoms with E-state index in [9.17, 15) is 74.6 Å². The second kappa shape index (κ2) is 13.4. The van der Waals surface area contributed by atoms with Gasteiger partial charge in [0.25, 0.3) is 0 Å². The largest absolute Gasteiger partial charge is 0.460 e. The van der Waals surface area contributed by atoms with Gasteiger partial charge < -0.3 is 4.48 Å². The van der Waals surface area contributed by atoms with E-state index < -0.39 is 59.8 Å². The van der Waals surface area contributed by atoms with Gasteiger partial charge in [-0.1, -0.05) is 32.6 Å². The van der Waals surface area contributed by atoms with Crippen molar-refractivity contribution in [2.45, 2.75) is 99.5 Å². The fourth-order valence-corrected chi connectivity index (χ4v) is 4.63. The lowest BCUT2D eigenvalue weighted by Gasteiger charge is -2.42. The topological polar surface area (TPSA) is 0 Å². The Kier molecular flexibility index (Phi) is 13.1. The molecule has 19 heteroatoms. The first kappa shape index (κ1) is 40.1. The number of hydrogen-bond acceptors (Lipinski definition) is 1. The van der Waals surface area contributed by atoms with Crippen LogP contribution in [0.1, 0.15) is 51.9 Å². The highest BCUT2D eigenvalue weighted by molar-refractivity contribution is 7.99. The summed E-state index contributed by atoms with van der Waals surface area (Å²) in [4.78, 5) is 0. The fourth-order valence-electron chi connectivity index (χ4n) is 3.40. The first-order chi connectivity index (χ1) is 18.0. The minimum atomic E-state index is -8.59. The summed E-state index contributed by atoms with van der Waals surface area (Å²) in [5, 5.41) is 0. The van der Waals surface area contributed by atoms with Gasteiger partial charge in [-0.3, -0.25) is 0 Å². The highest BCUT2D eigenvalue weighted by Crippen LogP contribution is 2.64. The number of thioether (sulfide) groups is 1. The van der Waals surface area contributed by atoms with Crippen LogP contribution in [0, 0.1) is 0 Å². The van der Waals surface area contributed by atoms with Gasteiger partial charge in [-0.15, -0.1) is 0 Å². The summed E-state index contributed by atoms with van der Waals surface area (Å²) in [6, 6.07) is 0. The van der Waals surface area contributed by atoms with E-state index in [1.807, 2.05) is 6.92 Å². The molecule has 0 aliphatic rings. The second-order valence-corrected chi connectivity index (χ2v) is 11.4. The van der Waals surface area contributed by atoms with Crippen LogP contribution in [-0.2, 0) is 0 Å². The number of unbranched alkanes of at least 4 members (excludes halogenated alkanes) is 5. The third-order valence-corrected chi connectivity index (χ3v) is 7.27. The van der Waals surface area contributed by atoms with Crippen LogP contribution in [0.15, 0.2) is 0 Å². The Balaban J connectivity index is 5.50. The molecule has 0 amide bonds. The van der Waals surface area contributed by atoms with Crippen LogP contribution in [0.25, 0.3) is 0 Å². The standard InChI is InChI=1S/C22H31F17NS/c1-4-5-6-7-8-9-11-40(2,3)12-14-41-13-10-15(23,24)16(25,26)17(27,28)18(29,30)19(31,32)20(33,34)21(35,36)22(37,38)39/h4-14H2,1-3H3/q+1. The van der Waals surface area contributed by atoms with Gasteiger partial charge in [-0.25, -0.2) is 0 Å². The summed E-state index contributed by atoms with van der Waals surface area (Å²) in [5.74, 6) is -57.1. The lowest BCUT2D eigenvalue weighted by molar-refractivity contribution is -0.888. The van der Waals surface area contributed by atoms with E-state index in [1.54, 1.807) is 14.1 Å². The van der Waals surface area contributed by atoms with Crippen molar-refractivity contribution in [1.82, 2.24) is 0 Å². The second-order valence-electron chi connectivity index (χ2n) is 10.2. The van der Waals surface area contributed by atoms with Gasteiger partial charge in [-0.05, 0) is 18.6 Å². The third kappa shape index (κ3) is 8.19. The number of halogens is 17. The first-order valence-corrected chi connectivity index (χ1v) is 13.3. The molecule has 0 saturated heterocycles. The highest BCUT2D eigenvalue weighted by Gasteiger charge is 2.95. The normalized spacial score (nSPS) is 15.5. The maximum absolute atomic E-state index is 13.9. The van der Waals surface area contributed by atoms with Crippen LogP contribution in [-0.4, -0.2) is 90.8 Å². The number of hydrogen-bond donors (Lipinski definition) is 0. The molecule has 0 spiro atoms. The van der Waals surface area contributed by atoms with E-state index in [4.69, 9.17) is 0 Å². The molecule has 0 bridgehead atoms. The summed E-state index contributed by atoms with van der Waals surface area (Å²) in [7, 11) is 3.46. The summed E-state index contributed by atoms with van der Waals surface area (Å²) in [6.45, 7) is 2.89. The lowest BCUT2D eigenvalue weighted by atomic mass is 9.88. The molecule has 0 radical (unpaired) electrons. The Morgan fingerprint density at radius 2 is 0.854 bits per heavy atom. The number of rotatable bonds is 19. The van der Waals surface area contributed by atoms with E-state index >= 15 is 0 Å². The van der Waals surface area contributed by atoms with Gasteiger partial charge in [0.2, 0.25) is 0 Å². The van der Waals surface area contributed by atoms with Crippen LogP contribution in [0.3, 0.4) is 0 Å². The zero-order valence-corrected chi connectivity index (χ0v) is 22.9. The molecule has 0 unspecified atom stereocenters. The molecule has 1 nitrogen and oxygen atoms in total. The van der Waals surface area contributed by atoms with Crippen molar-refractivity contribution in [3.63, 3.8) is 0 Å². The number of nitrogens with zero attached hydrogens (tertiary/aromatic N) is 1. The Bertz CT molecular complexity index is 808. The smallest absolute Gasteiger partial charge is 0.328 e. The van der Waals surface area contributed by atoms with Gasteiger partial charge in [0, 0.05) is 12.2 Å². The van der Waals surface area contributed by atoms with Crippen molar-refractivity contribution in [2.75, 3.05) is 38.7 Å². The average molecular weight is 665 g/mol. The maximum atomic E-state index is 13.9. The fraction of sp³-hybridized carbons (Fsp3) is 1.00. The monoisotopic (exact) mass is 664 g/mol. The first-order valence-electron chi connectivity index (χ1n) is 12.1. The molecular formula is C22H31F17NS+. The van der Waals surface area contributed by atoms with Gasteiger partial charge in [0.05, 0.1) is 27.2 Å². The van der Waals surface area contributed by atoms with Crippen molar-refractivity contribution in [2.24, 2.45) is 0 Å². The quantitative estimate of drug-likeness (QED) is 0.0754. The number of alkyl halides is 17. The summed E-state index contributed by atoms with van der Waals surface area (Å²) in [6.07, 6.45) is -4.36. The van der Waals surface area contributed by atoms with Crippen LogP contribution in [0.4, 0.5) is 74.6 Å². The zero-order chi connectivity index (χ0) is 33.0. The SMILES string of the molecule is CCCCCCCC[N+](C)(C)CCSCCC(F)(F)C(F)(F)C(F)(F)C(F)(F)C(F)(F)C(F)(F)C(F)(F)C(F)(F)F. The van der Waals surface area contributed by atoms with Gasteiger partial charge >= 0.3 is 47.6 Å². The minimum absolute atomic E-state index is 0.0478. The molecular weight excluding hydrogens is 633 g/mol. The molecule has 0 atom stereocenters. The predicted octanol–water partition coefficient (Wildman–Crippen LogP) is 9.56. The van der Waals surface area contributed by atoms with E-state index in [0.29, 0.717) is 22.8 Å². The molecule has 0 aromatic heterocycles. The molecule has 0 N–H and O–H groups in total. The maximum Gasteiger partial charge on any atom is 0.460 e. The molecule has 248 valence electrons. The lowest BCUT2D eigenvalue weighted by Crippen LogP contribution is -2.74. The molecule has 0 aliphatic heterocycles. The highest BCUT2D eigenvalue weighted by atomic mass is 32.2. The Labute approximate surface area is 229 Å². The van der Waals surface area contributed by atoms with E-state index in [1.165, 1.54) is 0 Å². The van der Waals surface area contributed by atoms with Crippen LogP contribution < -0.4 is 0 Å². The Morgan fingerprint density at radius 3 is 1.29 bits per heavy atom. The van der Waals surface area contributed by atoms with Crippen molar-refractivity contribution in [1.29, 1.82) is 0 Å². The molecule has 0 rings (SSSR count). The van der Waals surface area contributed by atoms with Crippen LogP contribution in [0.5, 0.6) is 0 Å². The van der Waals surface area contributed by atoms with Crippen molar-refractivity contribution in [3.8, 4) is 0 Å². The zero-order valence-electron chi connectivity index (χ0n) is 22.1. The van der Waals surface area contributed by atoms with E-state index in [0.717, 1.165) is 38.5 Å². The van der Waals surface area contributed by atoms with Gasteiger partial charge in [0.1, 0.15) is 0 Å². The molecule has 0 fully saturated rings. The minimum Gasteiger partial charge on any atom is -0.328 e. The molecule has 0 aromatic carbocycles. The molecule has 0 heterocycles. The average Bonchev–Trinajstić information content (AvgIpc) is 2.79. The van der Waals surface area contributed by atoms with E-state index in [2.05, 4.69) is 0 Å². The summed E-state index contributed by atoms with van der Waals surface area (Å²) in [5.41, 5.74) is 0. The van der Waals surface area contributed by atoms with Crippen LogP contribution in [0.2, 0.25) is 0 Å². The van der Waals surface area contributed by atoms with Crippen molar-refractivity contribution in [3.05, 3.63) is 0 Å². The van der Waals surface area contributed by atoms with Crippen LogP contribution >= 0.6 is 11.8 Å². The summed E-state index contributed by atoms with van der Waals surface area (Å²) >= 11 is 0.454. The predicted molar refractivity (Wildman–Crippen MR) is 118 cm³/mol. The molecule has 0 saturated carbocycles. The molecule has 0 aliphatic carbocycles. The van der Waals surface area contributed by atoms with Crippen molar-refractivity contribution < 1.29 is 79.1 Å². The molecule has 41 heavy (non-hydrogen) atoms. The molecule has 0 aromatic rings. The van der Waals surface area contributed by atoms with Crippen molar-refractivity contribution >= 4 is 11.8 Å². The van der Waals surface area contributed by atoms with Gasteiger partial charge in [-0.2, -0.15) is 86.4 Å². The Morgan fingerprint density at radius 1 is 0.463 bits per heavy atom.